The molecular weight excluding hydrogens is 854 g/mol. The summed E-state index contributed by atoms with van der Waals surface area (Å²) in [6.45, 7) is 28.5. The Morgan fingerprint density at radius 2 is 0.885 bits per heavy atom. The van der Waals surface area contributed by atoms with E-state index in [0.717, 1.165) is 12.8 Å². The molecule has 0 N–H and O–H groups in total. The van der Waals surface area contributed by atoms with Crippen LogP contribution in [0.15, 0.2) is 96.1 Å². The summed E-state index contributed by atoms with van der Waals surface area (Å²) in [5.41, 5.74) is 16.2. The molecule has 0 spiro atoms. The van der Waals surface area contributed by atoms with Gasteiger partial charge in [0.25, 0.3) is 0 Å². The van der Waals surface area contributed by atoms with E-state index in [4.69, 9.17) is 17.2 Å². The predicted octanol–water partition coefficient (Wildman–Crippen LogP) is 15.1. The molecule has 6 rings (SSSR count). The minimum absolute atomic E-state index is 0.0396. The average Bonchev–Trinajstić information content (AvgIpc) is 3.67. The molecule has 0 aromatic heterocycles. The standard InChI is InChI=1S/2C23H27.C2H7Si.2ClH.Hf/c2*1-16(2)13-17-9-6-7-11-20(17)21-12-8-10-18-14-19(15-22(18)21)23(3,4)5;1-3-2;;;/h2*6-12,14-16H,13H2,1-5H3;3H,1-2H3;2*1H;/q;;;;;+2/p-2. The fraction of sp³-hybridized carbons (Fsp3) is 0.417. The number of rotatable bonds is 9. The molecule has 2 atom stereocenters. The molecule has 4 heteroatoms. The first-order valence-corrected chi connectivity index (χ1v) is 41.8. The fourth-order valence-electron chi connectivity index (χ4n) is 9.40. The van der Waals surface area contributed by atoms with Gasteiger partial charge in [0.1, 0.15) is 0 Å². The fourth-order valence-corrected chi connectivity index (χ4v) is 53.9. The third-order valence-electron chi connectivity index (χ3n) is 11.9. The van der Waals surface area contributed by atoms with E-state index in [1.54, 1.807) is 0 Å². The Morgan fingerprint density at radius 3 is 1.21 bits per heavy atom. The second-order valence-electron chi connectivity index (χ2n) is 19.1. The van der Waals surface area contributed by atoms with Crippen molar-refractivity contribution in [3.63, 3.8) is 0 Å². The van der Waals surface area contributed by atoms with Gasteiger partial charge in [0.15, 0.2) is 0 Å². The molecule has 52 heavy (non-hydrogen) atoms. The topological polar surface area (TPSA) is 0 Å². The average molecular weight is 915 g/mol. The van der Waals surface area contributed by atoms with Gasteiger partial charge in [-0.1, -0.05) is 0 Å². The number of allylic oxidation sites excluding steroid dienone is 2. The van der Waals surface area contributed by atoms with Gasteiger partial charge in [0, 0.05) is 0 Å². The summed E-state index contributed by atoms with van der Waals surface area (Å²) in [7, 11) is 17.9. The van der Waals surface area contributed by atoms with Crippen LogP contribution in [-0.2, 0) is 28.1 Å². The van der Waals surface area contributed by atoms with E-state index in [-0.39, 0.29) is 18.2 Å². The van der Waals surface area contributed by atoms with E-state index >= 15 is 0 Å². The summed E-state index contributed by atoms with van der Waals surface area (Å²) in [6.07, 6.45) is 7.17. The molecule has 0 heterocycles. The van der Waals surface area contributed by atoms with Gasteiger partial charge in [-0.3, -0.25) is 0 Å². The van der Waals surface area contributed by atoms with Crippen LogP contribution in [0.5, 0.6) is 0 Å². The molecule has 0 bridgehead atoms. The van der Waals surface area contributed by atoms with Gasteiger partial charge in [-0.15, -0.1) is 0 Å². The van der Waals surface area contributed by atoms with Gasteiger partial charge in [0.05, 0.1) is 0 Å². The summed E-state index contributed by atoms with van der Waals surface area (Å²) in [5, 5.41) is 0. The molecule has 4 aromatic carbocycles. The van der Waals surface area contributed by atoms with Crippen LogP contribution in [0.3, 0.4) is 0 Å². The molecule has 2 aliphatic carbocycles. The van der Waals surface area contributed by atoms with E-state index in [0.29, 0.717) is 11.8 Å². The summed E-state index contributed by atoms with van der Waals surface area (Å²) in [4.78, 5) is 0. The maximum absolute atomic E-state index is 8.96. The summed E-state index contributed by atoms with van der Waals surface area (Å²) < 4.78 is 0.0792. The van der Waals surface area contributed by atoms with Gasteiger partial charge in [-0.05, 0) is 0 Å². The van der Waals surface area contributed by atoms with Crippen molar-refractivity contribution in [1.82, 2.24) is 0 Å². The van der Waals surface area contributed by atoms with Crippen molar-refractivity contribution in [2.75, 3.05) is 0 Å². The molecule has 0 nitrogen and oxygen atoms in total. The first-order valence-electron chi connectivity index (χ1n) is 19.7. The minimum atomic E-state index is -5.22. The van der Waals surface area contributed by atoms with Crippen molar-refractivity contribution in [2.24, 2.45) is 22.7 Å². The number of hydrogen-bond acceptors (Lipinski definition) is 0. The predicted molar refractivity (Wildman–Crippen MR) is 232 cm³/mol. The number of hydrogen-bond donors (Lipinski definition) is 0. The molecular formula is C48H61Cl2HfSi. The van der Waals surface area contributed by atoms with E-state index < -0.39 is 21.3 Å². The number of fused-ring (bicyclic) bond motifs is 2. The first-order chi connectivity index (χ1) is 24.2. The van der Waals surface area contributed by atoms with Crippen LogP contribution in [0.4, 0.5) is 0 Å². The van der Waals surface area contributed by atoms with Crippen LogP contribution in [0, 0.1) is 22.7 Å². The zero-order valence-corrected chi connectivity index (χ0v) is 40.1. The molecule has 2 aliphatic rings. The van der Waals surface area contributed by atoms with Crippen molar-refractivity contribution in [2.45, 2.75) is 103 Å². The Labute approximate surface area is 325 Å². The van der Waals surface area contributed by atoms with Crippen molar-refractivity contribution in [3.05, 3.63) is 129 Å². The van der Waals surface area contributed by atoms with E-state index in [1.807, 2.05) is 0 Å². The molecule has 0 saturated carbocycles. The molecule has 0 fully saturated rings. The van der Waals surface area contributed by atoms with Crippen molar-refractivity contribution >= 4 is 35.3 Å². The first kappa shape index (κ1) is 39.7. The second-order valence-corrected chi connectivity index (χ2v) is 78.4. The Hall–Kier alpha value is -1.97. The van der Waals surface area contributed by atoms with Crippen LogP contribution in [0.25, 0.3) is 34.4 Å². The molecule has 0 saturated heterocycles. The van der Waals surface area contributed by atoms with Crippen molar-refractivity contribution in [3.8, 4) is 22.3 Å². The van der Waals surface area contributed by atoms with Crippen LogP contribution < -0.4 is 0 Å². The molecule has 0 radical (unpaired) electrons. The van der Waals surface area contributed by atoms with Crippen molar-refractivity contribution < 1.29 is 15.3 Å². The van der Waals surface area contributed by atoms with E-state index in [1.165, 1.54) is 66.8 Å². The van der Waals surface area contributed by atoms with Gasteiger partial charge in [-0.25, -0.2) is 0 Å². The van der Waals surface area contributed by atoms with Gasteiger partial charge >= 0.3 is 327 Å². The van der Waals surface area contributed by atoms with Crippen LogP contribution in [-0.4, -0.2) is 5.98 Å². The van der Waals surface area contributed by atoms with Gasteiger partial charge in [-0.2, -0.15) is 0 Å². The monoisotopic (exact) mass is 915 g/mol. The Morgan fingerprint density at radius 1 is 0.538 bits per heavy atom. The normalized spacial score (nSPS) is 18.4. The van der Waals surface area contributed by atoms with Crippen LogP contribution in [0.2, 0.25) is 13.1 Å². The SMILES string of the molecule is CC(C)Cc1ccccc1-c1cccc2c1C=C(C(C)(C)C)[CH]2[Hf]([Cl])([Cl])([CH]1C(C(C)(C)C)=Cc2c(-c3ccccc3CC(C)C)cccc21)[SiH](C)C. The second kappa shape index (κ2) is 14.3. The Balaban J connectivity index is 1.65. The zero-order chi connectivity index (χ0) is 38.0. The summed E-state index contributed by atoms with van der Waals surface area (Å²) >= 11 is -5.22. The molecule has 0 aliphatic heterocycles. The van der Waals surface area contributed by atoms with Crippen LogP contribution in [0.1, 0.15) is 110 Å². The molecule has 0 amide bonds. The summed E-state index contributed by atoms with van der Waals surface area (Å²) in [6, 6.07) is 32.1. The van der Waals surface area contributed by atoms with E-state index in [2.05, 4.69) is 179 Å². The van der Waals surface area contributed by atoms with E-state index in [9.17, 15) is 0 Å². The zero-order valence-electron chi connectivity index (χ0n) is 33.8. The number of benzene rings is 4. The molecule has 275 valence electrons. The Bertz CT molecular complexity index is 1910. The van der Waals surface area contributed by atoms with Gasteiger partial charge < -0.3 is 0 Å². The maximum atomic E-state index is 8.96. The Kier molecular flexibility index (Phi) is 10.9. The number of halogens is 2. The quantitative estimate of drug-likeness (QED) is 0.147. The molecule has 2 unspecified atom stereocenters. The van der Waals surface area contributed by atoms with Crippen LogP contribution >= 0.6 is 17.2 Å². The summed E-state index contributed by atoms with van der Waals surface area (Å²) in [5.74, 6) is -0.583. The van der Waals surface area contributed by atoms with Crippen molar-refractivity contribution in [1.29, 1.82) is 0 Å². The molecule has 4 aromatic rings. The third kappa shape index (κ3) is 6.90. The third-order valence-corrected chi connectivity index (χ3v) is 84.3. The van der Waals surface area contributed by atoms with Gasteiger partial charge in [0.2, 0.25) is 0 Å².